The first-order valence-electron chi connectivity index (χ1n) is 6.94. The largest absolute Gasteiger partial charge is 0.295 e. The lowest BCUT2D eigenvalue weighted by Gasteiger charge is -2.11. The maximum atomic E-state index is 11.4. The normalized spacial score (nSPS) is 10.7. The molecule has 0 bridgehead atoms. The highest BCUT2D eigenvalue weighted by molar-refractivity contribution is 6.40. The number of halogens is 4. The van der Waals surface area contributed by atoms with Gasteiger partial charge in [-0.15, -0.1) is 0 Å². The Bertz CT molecular complexity index is 952. The third-order valence-electron chi connectivity index (χ3n) is 3.49. The average molecular weight is 414 g/mol. The van der Waals surface area contributed by atoms with Gasteiger partial charge in [-0.1, -0.05) is 58.5 Å². The van der Waals surface area contributed by atoms with E-state index in [1.165, 1.54) is 12.1 Å². The molecule has 2 aromatic carbocycles. The average Bonchev–Trinajstić information content (AvgIpc) is 2.54. The molecule has 0 aliphatic carbocycles. The highest BCUT2D eigenvalue weighted by atomic mass is 35.5. The number of rotatable bonds is 3. The molecule has 0 amide bonds. The zero-order valence-corrected chi connectivity index (χ0v) is 15.4. The van der Waals surface area contributed by atoms with E-state index in [0.717, 1.165) is 0 Å². The van der Waals surface area contributed by atoms with Crippen LogP contribution in [0.1, 0.15) is 0 Å². The molecule has 3 aromatic rings. The van der Waals surface area contributed by atoms with Crippen molar-refractivity contribution >= 4 is 52.1 Å². The van der Waals surface area contributed by atoms with Crippen LogP contribution in [0, 0.1) is 10.1 Å². The van der Waals surface area contributed by atoms with Crippen LogP contribution in [0.4, 0.5) is 5.69 Å². The summed E-state index contributed by atoms with van der Waals surface area (Å²) >= 11 is 24.8. The fraction of sp³-hybridized carbons (Fsp3) is 0. The van der Waals surface area contributed by atoms with E-state index >= 15 is 0 Å². The second-order valence-corrected chi connectivity index (χ2v) is 6.64. The van der Waals surface area contributed by atoms with Crippen LogP contribution in [0.15, 0.2) is 48.5 Å². The van der Waals surface area contributed by atoms with Crippen LogP contribution in [0.5, 0.6) is 0 Å². The molecule has 0 N–H and O–H groups in total. The molecule has 0 saturated carbocycles. The summed E-state index contributed by atoms with van der Waals surface area (Å²) < 4.78 is 0. The van der Waals surface area contributed by atoms with Gasteiger partial charge in [0, 0.05) is 17.2 Å². The van der Waals surface area contributed by atoms with Gasteiger partial charge in [0.05, 0.1) is 30.7 Å². The fourth-order valence-corrected chi connectivity index (χ4v) is 3.56. The summed E-state index contributed by atoms with van der Waals surface area (Å²) in [5.41, 5.74) is 0.968. The van der Waals surface area contributed by atoms with Crippen molar-refractivity contribution < 1.29 is 4.92 Å². The van der Waals surface area contributed by atoms with Crippen molar-refractivity contribution in [2.45, 2.75) is 0 Å². The first-order chi connectivity index (χ1) is 11.9. The van der Waals surface area contributed by atoms with E-state index in [9.17, 15) is 10.1 Å². The first-order valence-corrected chi connectivity index (χ1v) is 8.45. The Morgan fingerprint density at radius 2 is 1.24 bits per heavy atom. The summed E-state index contributed by atoms with van der Waals surface area (Å²) in [5.74, 6) is 0. The van der Waals surface area contributed by atoms with Crippen LogP contribution in [0.3, 0.4) is 0 Å². The van der Waals surface area contributed by atoms with Gasteiger partial charge in [-0.3, -0.25) is 10.1 Å². The predicted molar refractivity (Wildman–Crippen MR) is 102 cm³/mol. The molecule has 8 heteroatoms. The molecule has 0 spiro atoms. The number of hydrogen-bond donors (Lipinski definition) is 0. The number of benzene rings is 2. The van der Waals surface area contributed by atoms with E-state index in [0.29, 0.717) is 21.3 Å². The van der Waals surface area contributed by atoms with Crippen LogP contribution >= 0.6 is 46.4 Å². The quantitative estimate of drug-likeness (QED) is 0.345. The second kappa shape index (κ2) is 7.18. The lowest BCUT2D eigenvalue weighted by molar-refractivity contribution is -0.384. The summed E-state index contributed by atoms with van der Waals surface area (Å²) in [5, 5.41) is 12.7. The van der Waals surface area contributed by atoms with Crippen molar-refractivity contribution in [2.75, 3.05) is 0 Å². The van der Waals surface area contributed by atoms with Crippen molar-refractivity contribution in [1.82, 2.24) is 4.98 Å². The maximum absolute atomic E-state index is 11.4. The summed E-state index contributed by atoms with van der Waals surface area (Å²) in [7, 11) is 0. The minimum absolute atomic E-state index is 0.0501. The van der Waals surface area contributed by atoms with Crippen molar-refractivity contribution in [1.29, 1.82) is 0 Å². The minimum atomic E-state index is -0.542. The van der Waals surface area contributed by atoms with E-state index in [4.69, 9.17) is 46.4 Å². The highest BCUT2D eigenvalue weighted by Gasteiger charge is 2.23. The Hall–Kier alpha value is -1.85. The number of nitro groups is 1. The fourth-order valence-electron chi connectivity index (χ4n) is 2.39. The Morgan fingerprint density at radius 1 is 0.760 bits per heavy atom. The van der Waals surface area contributed by atoms with Gasteiger partial charge in [-0.05, 0) is 30.3 Å². The molecular formula is C17H8Cl4N2O2. The molecule has 1 aromatic heterocycles. The Morgan fingerprint density at radius 3 is 1.72 bits per heavy atom. The monoisotopic (exact) mass is 412 g/mol. The number of aromatic nitrogens is 1. The number of nitrogens with zero attached hydrogens (tertiary/aromatic N) is 2. The molecule has 3 rings (SSSR count). The van der Waals surface area contributed by atoms with Gasteiger partial charge < -0.3 is 0 Å². The van der Waals surface area contributed by atoms with Gasteiger partial charge in [-0.25, -0.2) is 4.98 Å². The summed E-state index contributed by atoms with van der Waals surface area (Å²) in [6.45, 7) is 0. The van der Waals surface area contributed by atoms with Crippen molar-refractivity contribution in [3.05, 3.63) is 78.7 Å². The lowest BCUT2D eigenvalue weighted by Crippen LogP contribution is -1.98. The predicted octanol–water partition coefficient (Wildman–Crippen LogP) is 6.94. The number of hydrogen-bond acceptors (Lipinski definition) is 3. The van der Waals surface area contributed by atoms with Crippen LogP contribution < -0.4 is 0 Å². The standard InChI is InChI=1S/C17H8Cl4N2O2/c18-9-3-1-4-10(19)15(9)13-7-8-14(23(24)25)17(22-13)16-11(20)5-2-6-12(16)21/h1-8H. The van der Waals surface area contributed by atoms with E-state index in [-0.39, 0.29) is 27.0 Å². The van der Waals surface area contributed by atoms with Gasteiger partial charge in [0.15, 0.2) is 5.69 Å². The molecule has 126 valence electrons. The van der Waals surface area contributed by atoms with Crippen LogP contribution in [0.25, 0.3) is 22.5 Å². The maximum Gasteiger partial charge on any atom is 0.295 e. The Labute approximate surface area is 163 Å². The Kier molecular flexibility index (Phi) is 5.16. The van der Waals surface area contributed by atoms with Gasteiger partial charge in [0.25, 0.3) is 5.69 Å². The van der Waals surface area contributed by atoms with Gasteiger partial charge >= 0.3 is 0 Å². The van der Waals surface area contributed by atoms with Crippen molar-refractivity contribution in [2.24, 2.45) is 0 Å². The molecule has 0 fully saturated rings. The molecule has 0 aliphatic heterocycles. The molecule has 4 nitrogen and oxygen atoms in total. The zero-order chi connectivity index (χ0) is 18.1. The van der Waals surface area contributed by atoms with Crippen LogP contribution in [-0.2, 0) is 0 Å². The third-order valence-corrected chi connectivity index (χ3v) is 4.75. The third kappa shape index (κ3) is 3.44. The van der Waals surface area contributed by atoms with E-state index in [1.807, 2.05) is 0 Å². The van der Waals surface area contributed by atoms with Crippen LogP contribution in [0.2, 0.25) is 20.1 Å². The van der Waals surface area contributed by atoms with Crippen molar-refractivity contribution in [3.63, 3.8) is 0 Å². The molecule has 0 radical (unpaired) electrons. The summed E-state index contributed by atoms with van der Waals surface area (Å²) in [6, 6.07) is 12.7. The number of pyridine rings is 1. The first kappa shape index (κ1) is 18.0. The van der Waals surface area contributed by atoms with E-state index in [2.05, 4.69) is 4.98 Å². The van der Waals surface area contributed by atoms with Crippen molar-refractivity contribution in [3.8, 4) is 22.5 Å². The minimum Gasteiger partial charge on any atom is -0.258 e. The molecule has 0 saturated heterocycles. The van der Waals surface area contributed by atoms with Gasteiger partial charge in [0.2, 0.25) is 0 Å². The van der Waals surface area contributed by atoms with Crippen LogP contribution in [-0.4, -0.2) is 9.91 Å². The van der Waals surface area contributed by atoms with E-state index in [1.54, 1.807) is 36.4 Å². The molecule has 0 atom stereocenters. The molecule has 0 unspecified atom stereocenters. The molecule has 25 heavy (non-hydrogen) atoms. The smallest absolute Gasteiger partial charge is 0.258 e. The second-order valence-electron chi connectivity index (χ2n) is 5.01. The summed E-state index contributed by atoms with van der Waals surface area (Å²) in [4.78, 5) is 15.3. The SMILES string of the molecule is O=[N+]([O-])c1ccc(-c2c(Cl)cccc2Cl)nc1-c1c(Cl)cccc1Cl. The molecule has 1 heterocycles. The summed E-state index contributed by atoms with van der Waals surface area (Å²) in [6.07, 6.45) is 0. The highest BCUT2D eigenvalue weighted by Crippen LogP contribution is 2.41. The molecular weight excluding hydrogens is 406 g/mol. The van der Waals surface area contributed by atoms with Gasteiger partial charge in [0.1, 0.15) is 0 Å². The lowest BCUT2D eigenvalue weighted by atomic mass is 10.1. The van der Waals surface area contributed by atoms with Gasteiger partial charge in [-0.2, -0.15) is 0 Å². The zero-order valence-electron chi connectivity index (χ0n) is 12.3. The molecule has 0 aliphatic rings. The van der Waals surface area contributed by atoms with E-state index < -0.39 is 4.92 Å². The Balaban J connectivity index is 2.33. The topological polar surface area (TPSA) is 56.0 Å².